The largest absolute Gasteiger partial charge is 0.392 e. The van der Waals surface area contributed by atoms with Crippen molar-refractivity contribution in [2.24, 2.45) is 0 Å². The van der Waals surface area contributed by atoms with Gasteiger partial charge in [0.2, 0.25) is 0 Å². The Labute approximate surface area is 174 Å². The van der Waals surface area contributed by atoms with Crippen molar-refractivity contribution in [3.8, 4) is 11.4 Å². The quantitative estimate of drug-likeness (QED) is 0.551. The molecule has 2 aromatic heterocycles. The van der Waals surface area contributed by atoms with E-state index in [-0.39, 0.29) is 24.2 Å². The molecule has 7 nitrogen and oxygen atoms in total. The second-order valence-corrected chi connectivity index (χ2v) is 7.24. The lowest BCUT2D eigenvalue weighted by Gasteiger charge is -2.17. The molecule has 30 heavy (non-hydrogen) atoms. The third-order valence-electron chi connectivity index (χ3n) is 4.43. The third-order valence-corrected chi connectivity index (χ3v) is 4.43. The van der Waals surface area contributed by atoms with E-state index in [2.05, 4.69) is 25.6 Å². The number of hydrogen-bond acceptors (Lipinski definition) is 6. The summed E-state index contributed by atoms with van der Waals surface area (Å²) < 4.78 is 14.2. The van der Waals surface area contributed by atoms with Gasteiger partial charge in [0.05, 0.1) is 22.9 Å². The maximum Gasteiger partial charge on any atom is 0.255 e. The van der Waals surface area contributed by atoms with E-state index in [0.717, 1.165) is 5.56 Å². The number of hydrogen-bond donors (Lipinski definition) is 3. The molecule has 0 aliphatic rings. The van der Waals surface area contributed by atoms with Crippen molar-refractivity contribution in [2.75, 3.05) is 11.9 Å². The van der Waals surface area contributed by atoms with E-state index >= 15 is 0 Å². The van der Waals surface area contributed by atoms with Crippen LogP contribution in [0.5, 0.6) is 0 Å². The Morgan fingerprint density at radius 3 is 2.63 bits per heavy atom. The molecular formula is C22H24FN5O2. The number of aromatic nitrogens is 3. The Kier molecular flexibility index (Phi) is 6.68. The zero-order valence-electron chi connectivity index (χ0n) is 17.1. The molecule has 1 atom stereocenters. The van der Waals surface area contributed by atoms with Gasteiger partial charge in [-0.1, -0.05) is 26.0 Å². The van der Waals surface area contributed by atoms with E-state index in [9.17, 15) is 14.3 Å². The Morgan fingerprint density at radius 2 is 1.93 bits per heavy atom. The lowest BCUT2D eigenvalue weighted by molar-refractivity contribution is 0.0924. The summed E-state index contributed by atoms with van der Waals surface area (Å²) in [6, 6.07) is 7.96. The summed E-state index contributed by atoms with van der Waals surface area (Å²) in [4.78, 5) is 25.4. The molecule has 0 spiro atoms. The number of amides is 1. The van der Waals surface area contributed by atoms with E-state index < -0.39 is 11.9 Å². The van der Waals surface area contributed by atoms with Crippen LogP contribution in [0.1, 0.15) is 42.6 Å². The highest BCUT2D eigenvalue weighted by atomic mass is 19.1. The van der Waals surface area contributed by atoms with Crippen LogP contribution in [0.15, 0.2) is 48.9 Å². The average Bonchev–Trinajstić information content (AvgIpc) is 2.72. The van der Waals surface area contributed by atoms with Gasteiger partial charge in [-0.25, -0.2) is 14.4 Å². The fourth-order valence-electron chi connectivity index (χ4n) is 2.83. The summed E-state index contributed by atoms with van der Waals surface area (Å²) >= 11 is 0. The van der Waals surface area contributed by atoms with E-state index in [0.29, 0.717) is 22.6 Å². The first-order valence-electron chi connectivity index (χ1n) is 9.66. The predicted octanol–water partition coefficient (Wildman–Crippen LogP) is 3.66. The minimum absolute atomic E-state index is 0.0940. The standard InChI is InChI=1S/C22H24FN5O2/c1-13(2)16-12-25-20(15-6-4-5-7-18(15)23)28-21(16)27-19-8-9-24-11-17(19)22(30)26-10-14(3)29/h4-9,11-14,29H,10H2,1-3H3,(H,26,30)(H,24,25,27,28)/t14-/m0/s1. The number of aliphatic hydroxyl groups is 1. The number of nitrogens with one attached hydrogen (secondary N) is 2. The van der Waals surface area contributed by atoms with Gasteiger partial charge in [0.1, 0.15) is 11.6 Å². The fraction of sp³-hybridized carbons (Fsp3) is 0.273. The van der Waals surface area contributed by atoms with Crippen molar-refractivity contribution in [3.63, 3.8) is 0 Å². The molecule has 0 fully saturated rings. The van der Waals surface area contributed by atoms with Gasteiger partial charge in [0, 0.05) is 30.7 Å². The van der Waals surface area contributed by atoms with Gasteiger partial charge < -0.3 is 15.7 Å². The van der Waals surface area contributed by atoms with Crippen molar-refractivity contribution in [2.45, 2.75) is 32.8 Å². The molecule has 1 amide bonds. The molecule has 156 valence electrons. The van der Waals surface area contributed by atoms with Crippen LogP contribution in [0.3, 0.4) is 0 Å². The normalized spacial score (nSPS) is 11.9. The van der Waals surface area contributed by atoms with Gasteiger partial charge in [-0.05, 0) is 31.0 Å². The van der Waals surface area contributed by atoms with Gasteiger partial charge in [0.15, 0.2) is 5.82 Å². The smallest absolute Gasteiger partial charge is 0.255 e. The Balaban J connectivity index is 1.99. The molecule has 0 radical (unpaired) electrons. The Bertz CT molecular complexity index is 1040. The second-order valence-electron chi connectivity index (χ2n) is 7.24. The molecule has 0 bridgehead atoms. The lowest BCUT2D eigenvalue weighted by Crippen LogP contribution is -2.31. The van der Waals surface area contributed by atoms with Gasteiger partial charge >= 0.3 is 0 Å². The molecule has 8 heteroatoms. The van der Waals surface area contributed by atoms with Gasteiger partial charge in [-0.2, -0.15) is 0 Å². The van der Waals surface area contributed by atoms with E-state index in [1.807, 2.05) is 13.8 Å². The summed E-state index contributed by atoms with van der Waals surface area (Å²) in [5.41, 5.74) is 1.91. The maximum absolute atomic E-state index is 14.2. The first-order chi connectivity index (χ1) is 14.4. The predicted molar refractivity (Wildman–Crippen MR) is 113 cm³/mol. The number of benzene rings is 1. The summed E-state index contributed by atoms with van der Waals surface area (Å²) in [6.07, 6.45) is 3.99. The second kappa shape index (κ2) is 9.41. The van der Waals surface area contributed by atoms with Crippen LogP contribution < -0.4 is 10.6 Å². The van der Waals surface area contributed by atoms with Crippen LogP contribution in [0.25, 0.3) is 11.4 Å². The lowest BCUT2D eigenvalue weighted by atomic mass is 10.1. The molecule has 0 saturated carbocycles. The summed E-state index contributed by atoms with van der Waals surface area (Å²) in [6.45, 7) is 5.70. The van der Waals surface area contributed by atoms with Crippen molar-refractivity contribution in [1.82, 2.24) is 20.3 Å². The van der Waals surface area contributed by atoms with Gasteiger partial charge in [0.25, 0.3) is 5.91 Å². The molecule has 2 heterocycles. The molecule has 3 rings (SSSR count). The number of halogens is 1. The minimum Gasteiger partial charge on any atom is -0.392 e. The van der Waals surface area contributed by atoms with Gasteiger partial charge in [-0.15, -0.1) is 0 Å². The van der Waals surface area contributed by atoms with Crippen LogP contribution in [0.2, 0.25) is 0 Å². The molecule has 1 aromatic carbocycles. The number of nitrogens with zero attached hydrogens (tertiary/aromatic N) is 3. The first-order valence-corrected chi connectivity index (χ1v) is 9.66. The number of pyridine rings is 1. The van der Waals surface area contributed by atoms with Crippen LogP contribution in [-0.4, -0.2) is 38.6 Å². The molecule has 0 unspecified atom stereocenters. The van der Waals surface area contributed by atoms with Crippen molar-refractivity contribution >= 4 is 17.4 Å². The highest BCUT2D eigenvalue weighted by molar-refractivity contribution is 6.00. The number of carbonyl (C=O) groups excluding carboxylic acids is 1. The van der Waals surface area contributed by atoms with E-state index in [1.54, 1.807) is 43.6 Å². The zero-order valence-corrected chi connectivity index (χ0v) is 17.1. The van der Waals surface area contributed by atoms with Crippen LogP contribution in [0, 0.1) is 5.82 Å². The fourth-order valence-corrected chi connectivity index (χ4v) is 2.83. The third kappa shape index (κ3) is 4.96. The highest BCUT2D eigenvalue weighted by Crippen LogP contribution is 2.29. The van der Waals surface area contributed by atoms with Crippen LogP contribution in [-0.2, 0) is 0 Å². The number of anilines is 2. The first kappa shape index (κ1) is 21.3. The SMILES string of the molecule is CC(C)c1cnc(-c2ccccc2F)nc1Nc1ccncc1C(=O)NC[C@H](C)O. The molecule has 0 aliphatic carbocycles. The molecule has 0 saturated heterocycles. The Hall–Kier alpha value is -3.39. The van der Waals surface area contributed by atoms with Crippen molar-refractivity contribution < 1.29 is 14.3 Å². The monoisotopic (exact) mass is 409 g/mol. The van der Waals surface area contributed by atoms with Crippen LogP contribution >= 0.6 is 0 Å². The van der Waals surface area contributed by atoms with E-state index in [1.165, 1.54) is 12.3 Å². The van der Waals surface area contributed by atoms with Gasteiger partial charge in [-0.3, -0.25) is 9.78 Å². The zero-order chi connectivity index (χ0) is 21.7. The molecule has 3 N–H and O–H groups in total. The topological polar surface area (TPSA) is 100 Å². The number of aliphatic hydroxyl groups excluding tert-OH is 1. The average molecular weight is 409 g/mol. The summed E-state index contributed by atoms with van der Waals surface area (Å²) in [5.74, 6) is 0.0311. The summed E-state index contributed by atoms with van der Waals surface area (Å²) in [5, 5.41) is 15.3. The van der Waals surface area contributed by atoms with Crippen molar-refractivity contribution in [1.29, 1.82) is 0 Å². The van der Waals surface area contributed by atoms with E-state index in [4.69, 9.17) is 0 Å². The summed E-state index contributed by atoms with van der Waals surface area (Å²) in [7, 11) is 0. The number of carbonyl (C=O) groups is 1. The molecular weight excluding hydrogens is 385 g/mol. The maximum atomic E-state index is 14.2. The highest BCUT2D eigenvalue weighted by Gasteiger charge is 2.17. The Morgan fingerprint density at radius 1 is 1.17 bits per heavy atom. The van der Waals surface area contributed by atoms with Crippen LogP contribution in [0.4, 0.5) is 15.9 Å². The minimum atomic E-state index is -0.667. The van der Waals surface area contributed by atoms with Crippen molar-refractivity contribution in [3.05, 3.63) is 65.9 Å². The molecule has 0 aliphatic heterocycles. The number of rotatable bonds is 7. The molecule has 3 aromatic rings.